The third kappa shape index (κ3) is 6.13. The van der Waals surface area contributed by atoms with Gasteiger partial charge in [-0.1, -0.05) is 30.3 Å². The Labute approximate surface area is 160 Å². The van der Waals surface area contributed by atoms with Crippen molar-refractivity contribution in [2.24, 2.45) is 5.92 Å². The molecule has 0 bridgehead atoms. The fourth-order valence-electron chi connectivity index (χ4n) is 2.78. The summed E-state index contributed by atoms with van der Waals surface area (Å²) in [6.45, 7) is 2.47. The molecule has 2 aromatic carbocycles. The minimum Gasteiger partial charge on any atom is -0.494 e. The number of carbonyl (C=O) groups is 2. The van der Waals surface area contributed by atoms with Crippen molar-refractivity contribution in [3.8, 4) is 5.75 Å². The lowest BCUT2D eigenvalue weighted by Crippen LogP contribution is -2.26. The van der Waals surface area contributed by atoms with Crippen LogP contribution in [0.2, 0.25) is 0 Å². The highest BCUT2D eigenvalue weighted by atomic mass is 16.5. The summed E-state index contributed by atoms with van der Waals surface area (Å²) in [5.41, 5.74) is 1.81. The fourth-order valence-corrected chi connectivity index (χ4v) is 2.78. The van der Waals surface area contributed by atoms with Crippen molar-refractivity contribution in [3.63, 3.8) is 0 Å². The molecule has 5 nitrogen and oxygen atoms in total. The maximum Gasteiger partial charge on any atom is 0.227 e. The van der Waals surface area contributed by atoms with Crippen LogP contribution >= 0.6 is 0 Å². The first-order valence-corrected chi connectivity index (χ1v) is 9.50. The van der Waals surface area contributed by atoms with Crippen LogP contribution in [0.25, 0.3) is 0 Å². The number of amides is 2. The third-order valence-electron chi connectivity index (χ3n) is 4.56. The zero-order valence-electron chi connectivity index (χ0n) is 15.6. The third-order valence-corrected chi connectivity index (χ3v) is 4.56. The van der Waals surface area contributed by atoms with Gasteiger partial charge >= 0.3 is 0 Å². The molecular weight excluding hydrogens is 340 g/mol. The van der Waals surface area contributed by atoms with E-state index in [1.54, 1.807) is 0 Å². The van der Waals surface area contributed by atoms with Crippen molar-refractivity contribution >= 4 is 17.5 Å². The predicted octanol–water partition coefficient (Wildman–Crippen LogP) is 4.07. The van der Waals surface area contributed by atoms with E-state index in [1.165, 1.54) is 0 Å². The molecular formula is C22H26N2O3. The van der Waals surface area contributed by atoms with Crippen molar-refractivity contribution in [1.82, 2.24) is 5.32 Å². The number of nitrogens with one attached hydrogen (secondary N) is 2. The van der Waals surface area contributed by atoms with Gasteiger partial charge in [0.2, 0.25) is 11.8 Å². The number of rotatable bonds is 9. The maximum atomic E-state index is 12.1. The molecule has 1 aliphatic rings. The molecule has 1 fully saturated rings. The number of hydrogen-bond acceptors (Lipinski definition) is 3. The minimum absolute atomic E-state index is 0.00488. The van der Waals surface area contributed by atoms with Crippen LogP contribution in [0.15, 0.2) is 54.6 Å². The highest BCUT2D eigenvalue weighted by Crippen LogP contribution is 2.30. The van der Waals surface area contributed by atoms with Crippen LogP contribution in [-0.4, -0.2) is 18.4 Å². The number of carbonyl (C=O) groups excluding carboxylic acids is 2. The Kier molecular flexibility index (Phi) is 6.47. The van der Waals surface area contributed by atoms with Crippen molar-refractivity contribution < 1.29 is 14.3 Å². The smallest absolute Gasteiger partial charge is 0.227 e. The largest absolute Gasteiger partial charge is 0.494 e. The van der Waals surface area contributed by atoms with Gasteiger partial charge in [-0.2, -0.15) is 0 Å². The molecule has 0 aromatic heterocycles. The first kappa shape index (κ1) is 19.0. The molecule has 0 heterocycles. The quantitative estimate of drug-likeness (QED) is 0.657. The molecule has 3 rings (SSSR count). The second-order valence-electron chi connectivity index (χ2n) is 6.94. The van der Waals surface area contributed by atoms with Crippen LogP contribution in [0.3, 0.4) is 0 Å². The van der Waals surface area contributed by atoms with Gasteiger partial charge in [-0.25, -0.2) is 0 Å². The number of anilines is 1. The summed E-state index contributed by atoms with van der Waals surface area (Å²) in [5.74, 6) is 1.11. The molecule has 2 amide bonds. The summed E-state index contributed by atoms with van der Waals surface area (Å²) in [5, 5.41) is 5.92. The lowest BCUT2D eigenvalue weighted by molar-refractivity contribution is -0.122. The van der Waals surface area contributed by atoms with E-state index in [0.717, 1.165) is 29.8 Å². The summed E-state index contributed by atoms with van der Waals surface area (Å²) < 4.78 is 5.60. The van der Waals surface area contributed by atoms with Gasteiger partial charge in [-0.05, 0) is 56.0 Å². The normalized spacial score (nSPS) is 14.3. The van der Waals surface area contributed by atoms with Crippen LogP contribution in [0.1, 0.15) is 44.2 Å². The van der Waals surface area contributed by atoms with Crippen molar-refractivity contribution in [2.75, 3.05) is 11.9 Å². The molecule has 0 saturated heterocycles. The molecule has 1 atom stereocenters. The van der Waals surface area contributed by atoms with E-state index >= 15 is 0 Å². The lowest BCUT2D eigenvalue weighted by Gasteiger charge is -2.15. The monoisotopic (exact) mass is 366 g/mol. The molecule has 2 N–H and O–H groups in total. The van der Waals surface area contributed by atoms with E-state index in [4.69, 9.17) is 4.74 Å². The predicted molar refractivity (Wildman–Crippen MR) is 106 cm³/mol. The molecule has 1 saturated carbocycles. The van der Waals surface area contributed by atoms with Gasteiger partial charge < -0.3 is 15.4 Å². The Balaban J connectivity index is 1.37. The summed E-state index contributed by atoms with van der Waals surface area (Å²) in [6, 6.07) is 17.1. The summed E-state index contributed by atoms with van der Waals surface area (Å²) in [7, 11) is 0. The minimum atomic E-state index is -0.0827. The first-order valence-electron chi connectivity index (χ1n) is 9.50. The standard InChI is InChI=1S/C22H26N2O3/c1-16(17-11-13-19(14-12-17)24-22(26)18-9-10-18)23-21(25)8-5-15-27-20-6-3-2-4-7-20/h2-4,6-7,11-14,16,18H,5,8-10,15H2,1H3,(H,23,25)(H,24,26). The Hall–Kier alpha value is -2.82. The topological polar surface area (TPSA) is 67.4 Å². The van der Waals surface area contributed by atoms with E-state index in [0.29, 0.717) is 19.4 Å². The second kappa shape index (κ2) is 9.21. The summed E-state index contributed by atoms with van der Waals surface area (Å²) in [4.78, 5) is 23.9. The Morgan fingerprint density at radius 2 is 1.78 bits per heavy atom. The van der Waals surface area contributed by atoms with E-state index in [-0.39, 0.29) is 23.8 Å². The van der Waals surface area contributed by atoms with Gasteiger partial charge in [0, 0.05) is 18.0 Å². The first-order chi connectivity index (χ1) is 13.1. The van der Waals surface area contributed by atoms with Crippen LogP contribution in [-0.2, 0) is 9.59 Å². The number of benzene rings is 2. The van der Waals surface area contributed by atoms with Gasteiger partial charge in [0.05, 0.1) is 12.6 Å². The van der Waals surface area contributed by atoms with Crippen LogP contribution in [0.4, 0.5) is 5.69 Å². The molecule has 0 radical (unpaired) electrons. The average Bonchev–Trinajstić information content (AvgIpc) is 3.52. The van der Waals surface area contributed by atoms with Crippen molar-refractivity contribution in [1.29, 1.82) is 0 Å². The van der Waals surface area contributed by atoms with Gasteiger partial charge in [-0.3, -0.25) is 9.59 Å². The van der Waals surface area contributed by atoms with Crippen molar-refractivity contribution in [2.45, 2.75) is 38.6 Å². The molecule has 2 aromatic rings. The highest BCUT2D eigenvalue weighted by molar-refractivity contribution is 5.94. The molecule has 1 aliphatic carbocycles. The Morgan fingerprint density at radius 1 is 1.07 bits per heavy atom. The molecule has 5 heteroatoms. The summed E-state index contributed by atoms with van der Waals surface area (Å²) in [6.07, 6.45) is 3.07. The maximum absolute atomic E-state index is 12.1. The number of hydrogen-bond donors (Lipinski definition) is 2. The number of ether oxygens (including phenoxy) is 1. The van der Waals surface area contributed by atoms with Gasteiger partial charge in [-0.15, -0.1) is 0 Å². The van der Waals surface area contributed by atoms with E-state index in [9.17, 15) is 9.59 Å². The van der Waals surface area contributed by atoms with Crippen molar-refractivity contribution in [3.05, 3.63) is 60.2 Å². The van der Waals surface area contributed by atoms with Crippen LogP contribution in [0.5, 0.6) is 5.75 Å². The van der Waals surface area contributed by atoms with Crippen LogP contribution < -0.4 is 15.4 Å². The number of para-hydroxylation sites is 1. The zero-order chi connectivity index (χ0) is 19.1. The van der Waals surface area contributed by atoms with Crippen LogP contribution in [0, 0.1) is 5.92 Å². The fraction of sp³-hybridized carbons (Fsp3) is 0.364. The summed E-state index contributed by atoms with van der Waals surface area (Å²) >= 11 is 0. The second-order valence-corrected chi connectivity index (χ2v) is 6.94. The lowest BCUT2D eigenvalue weighted by atomic mass is 10.1. The van der Waals surface area contributed by atoms with Gasteiger partial charge in [0.25, 0.3) is 0 Å². The van der Waals surface area contributed by atoms with E-state index < -0.39 is 0 Å². The average molecular weight is 366 g/mol. The molecule has 142 valence electrons. The van der Waals surface area contributed by atoms with Gasteiger partial charge in [0.1, 0.15) is 5.75 Å². The van der Waals surface area contributed by atoms with E-state index in [1.807, 2.05) is 61.5 Å². The van der Waals surface area contributed by atoms with Gasteiger partial charge in [0.15, 0.2) is 0 Å². The SMILES string of the molecule is CC(NC(=O)CCCOc1ccccc1)c1ccc(NC(=O)C2CC2)cc1. The molecule has 1 unspecified atom stereocenters. The van der Waals surface area contributed by atoms with E-state index in [2.05, 4.69) is 10.6 Å². The molecule has 0 spiro atoms. The molecule has 0 aliphatic heterocycles. The Morgan fingerprint density at radius 3 is 2.44 bits per heavy atom. The molecule has 27 heavy (non-hydrogen) atoms. The highest BCUT2D eigenvalue weighted by Gasteiger charge is 2.29. The zero-order valence-corrected chi connectivity index (χ0v) is 15.6. The Bertz CT molecular complexity index is 755.